The normalized spacial score (nSPS) is 16.9. The molecule has 128 valence electrons. The van der Waals surface area contributed by atoms with Crippen molar-refractivity contribution in [3.63, 3.8) is 0 Å². The van der Waals surface area contributed by atoms with Crippen LogP contribution in [0.4, 0.5) is 14.9 Å². The molecule has 7 heteroatoms. The molecule has 25 heavy (non-hydrogen) atoms. The summed E-state index contributed by atoms with van der Waals surface area (Å²) in [7, 11) is 0. The first kappa shape index (κ1) is 17.2. The highest BCUT2D eigenvalue weighted by Gasteiger charge is 2.31. The van der Waals surface area contributed by atoms with Gasteiger partial charge in [-0.15, -0.1) is 0 Å². The predicted octanol–water partition coefficient (Wildman–Crippen LogP) is 3.85. The minimum Gasteiger partial charge on any atom is -0.327 e. The lowest BCUT2D eigenvalue weighted by molar-refractivity contribution is -0.113. The van der Waals surface area contributed by atoms with Gasteiger partial charge in [-0.2, -0.15) is 0 Å². The Labute approximate surface area is 152 Å². The van der Waals surface area contributed by atoms with Crippen LogP contribution >= 0.6 is 15.9 Å². The monoisotopic (exact) mass is 403 g/mol. The van der Waals surface area contributed by atoms with Crippen LogP contribution in [0.1, 0.15) is 18.5 Å². The van der Waals surface area contributed by atoms with Crippen molar-refractivity contribution in [3.05, 3.63) is 75.7 Å². The van der Waals surface area contributed by atoms with Crippen molar-refractivity contribution in [2.75, 3.05) is 5.32 Å². The molecule has 1 heterocycles. The number of nitrogens with one attached hydrogen (secondary N) is 3. The standard InChI is InChI=1S/C18H15BrFN3O2/c1-10-15(17(24)22-14-8-4-12(19)5-9-14)16(23-18(25)21-10)11-2-6-13(20)7-3-11/h2-9,16H,1H3,(H,22,24)(H2,21,23,25). The van der Waals surface area contributed by atoms with Crippen LogP contribution in [0.3, 0.4) is 0 Å². The van der Waals surface area contributed by atoms with Gasteiger partial charge in [-0.05, 0) is 48.9 Å². The van der Waals surface area contributed by atoms with Gasteiger partial charge in [-0.3, -0.25) is 4.79 Å². The maximum atomic E-state index is 13.2. The summed E-state index contributed by atoms with van der Waals surface area (Å²) in [6, 6.07) is 11.8. The first-order valence-electron chi connectivity index (χ1n) is 7.54. The van der Waals surface area contributed by atoms with Crippen molar-refractivity contribution in [1.82, 2.24) is 10.6 Å². The van der Waals surface area contributed by atoms with Crippen LogP contribution in [0.15, 0.2) is 64.3 Å². The molecule has 0 aromatic heterocycles. The van der Waals surface area contributed by atoms with Crippen molar-refractivity contribution in [1.29, 1.82) is 0 Å². The zero-order valence-corrected chi connectivity index (χ0v) is 14.9. The molecule has 3 rings (SSSR count). The predicted molar refractivity (Wildman–Crippen MR) is 96.3 cm³/mol. The maximum Gasteiger partial charge on any atom is 0.319 e. The van der Waals surface area contributed by atoms with E-state index in [1.807, 2.05) is 12.1 Å². The zero-order valence-electron chi connectivity index (χ0n) is 13.3. The van der Waals surface area contributed by atoms with Crippen LogP contribution in [-0.4, -0.2) is 11.9 Å². The lowest BCUT2D eigenvalue weighted by atomic mass is 9.95. The molecule has 0 bridgehead atoms. The summed E-state index contributed by atoms with van der Waals surface area (Å²) in [6.07, 6.45) is 0. The van der Waals surface area contributed by atoms with E-state index >= 15 is 0 Å². The Kier molecular flexibility index (Phi) is 4.85. The maximum absolute atomic E-state index is 13.2. The Bertz CT molecular complexity index is 848. The molecule has 0 aliphatic carbocycles. The van der Waals surface area contributed by atoms with E-state index in [1.54, 1.807) is 31.2 Å². The smallest absolute Gasteiger partial charge is 0.319 e. The van der Waals surface area contributed by atoms with E-state index in [4.69, 9.17) is 0 Å². The second kappa shape index (κ2) is 7.06. The molecular weight excluding hydrogens is 389 g/mol. The van der Waals surface area contributed by atoms with E-state index in [2.05, 4.69) is 31.9 Å². The molecule has 5 nitrogen and oxygen atoms in total. The fourth-order valence-electron chi connectivity index (χ4n) is 2.63. The molecule has 0 radical (unpaired) electrons. The molecule has 3 N–H and O–H groups in total. The third-order valence-corrected chi connectivity index (χ3v) is 4.35. The quantitative estimate of drug-likeness (QED) is 0.728. The largest absolute Gasteiger partial charge is 0.327 e. The molecular formula is C18H15BrFN3O2. The van der Waals surface area contributed by atoms with E-state index in [-0.39, 0.29) is 11.7 Å². The van der Waals surface area contributed by atoms with Crippen molar-refractivity contribution in [3.8, 4) is 0 Å². The summed E-state index contributed by atoms with van der Waals surface area (Å²) in [5, 5.41) is 8.13. The number of hydrogen-bond acceptors (Lipinski definition) is 2. The van der Waals surface area contributed by atoms with E-state index in [1.165, 1.54) is 12.1 Å². The first-order valence-corrected chi connectivity index (χ1v) is 8.34. The molecule has 2 aromatic rings. The average Bonchev–Trinajstić information content (AvgIpc) is 2.57. The third-order valence-electron chi connectivity index (χ3n) is 3.82. The Morgan fingerprint density at radius 1 is 1.12 bits per heavy atom. The highest BCUT2D eigenvalue weighted by atomic mass is 79.9. The second-order valence-electron chi connectivity index (χ2n) is 5.58. The van der Waals surface area contributed by atoms with Crippen LogP contribution in [0.5, 0.6) is 0 Å². The van der Waals surface area contributed by atoms with Crippen molar-refractivity contribution in [2.45, 2.75) is 13.0 Å². The lowest BCUT2D eigenvalue weighted by Gasteiger charge is -2.28. The summed E-state index contributed by atoms with van der Waals surface area (Å²) in [4.78, 5) is 24.6. The van der Waals surface area contributed by atoms with Gasteiger partial charge in [0.1, 0.15) is 5.82 Å². The van der Waals surface area contributed by atoms with Gasteiger partial charge in [-0.1, -0.05) is 28.1 Å². The number of urea groups is 1. The number of rotatable bonds is 3. The Balaban J connectivity index is 1.92. The molecule has 1 unspecified atom stereocenters. The van der Waals surface area contributed by atoms with Crippen LogP contribution in [0.25, 0.3) is 0 Å². The summed E-state index contributed by atoms with van der Waals surface area (Å²) in [5.41, 5.74) is 2.07. The zero-order chi connectivity index (χ0) is 18.0. The van der Waals surface area contributed by atoms with E-state index in [0.717, 1.165) is 4.47 Å². The first-order chi connectivity index (χ1) is 11.9. The molecule has 2 aromatic carbocycles. The van der Waals surface area contributed by atoms with Gasteiger partial charge < -0.3 is 16.0 Å². The van der Waals surface area contributed by atoms with E-state index in [9.17, 15) is 14.0 Å². The fourth-order valence-corrected chi connectivity index (χ4v) is 2.90. The number of amides is 3. The second-order valence-corrected chi connectivity index (χ2v) is 6.50. The number of anilines is 1. The topological polar surface area (TPSA) is 70.2 Å². The minimum absolute atomic E-state index is 0.346. The van der Waals surface area contributed by atoms with Gasteiger partial charge in [0.05, 0.1) is 11.6 Å². The van der Waals surface area contributed by atoms with Crippen LogP contribution < -0.4 is 16.0 Å². The number of halogens is 2. The summed E-state index contributed by atoms with van der Waals surface area (Å²) in [5.74, 6) is -0.729. The van der Waals surface area contributed by atoms with Crippen LogP contribution in [0.2, 0.25) is 0 Å². The van der Waals surface area contributed by atoms with E-state index < -0.39 is 12.1 Å². The third kappa shape index (κ3) is 3.88. The molecule has 1 atom stereocenters. The molecule has 0 spiro atoms. The number of hydrogen-bond donors (Lipinski definition) is 3. The van der Waals surface area contributed by atoms with Gasteiger partial charge in [0.25, 0.3) is 5.91 Å². The number of carbonyl (C=O) groups is 2. The van der Waals surface area contributed by atoms with Crippen molar-refractivity contribution < 1.29 is 14.0 Å². The molecule has 1 aliphatic rings. The Hall–Kier alpha value is -2.67. The van der Waals surface area contributed by atoms with Gasteiger partial charge in [0.2, 0.25) is 0 Å². The van der Waals surface area contributed by atoms with Gasteiger partial charge in [0, 0.05) is 15.9 Å². The minimum atomic E-state index is -0.662. The molecule has 0 saturated carbocycles. The van der Waals surface area contributed by atoms with Crippen molar-refractivity contribution >= 4 is 33.6 Å². The Morgan fingerprint density at radius 3 is 2.40 bits per heavy atom. The summed E-state index contributed by atoms with van der Waals surface area (Å²) < 4.78 is 14.1. The molecule has 0 fully saturated rings. The number of allylic oxidation sites excluding steroid dienone is 1. The highest BCUT2D eigenvalue weighted by Crippen LogP contribution is 2.28. The summed E-state index contributed by atoms with van der Waals surface area (Å²) >= 11 is 3.34. The molecule has 0 saturated heterocycles. The number of benzene rings is 2. The Morgan fingerprint density at radius 2 is 1.76 bits per heavy atom. The van der Waals surface area contributed by atoms with E-state index in [0.29, 0.717) is 22.5 Å². The van der Waals surface area contributed by atoms with Crippen LogP contribution in [-0.2, 0) is 4.79 Å². The molecule has 1 aliphatic heterocycles. The molecule has 3 amide bonds. The van der Waals surface area contributed by atoms with Gasteiger partial charge in [0.15, 0.2) is 0 Å². The average molecular weight is 404 g/mol. The van der Waals surface area contributed by atoms with Crippen LogP contribution in [0, 0.1) is 5.82 Å². The van der Waals surface area contributed by atoms with Crippen molar-refractivity contribution in [2.24, 2.45) is 0 Å². The summed E-state index contributed by atoms with van der Waals surface area (Å²) in [6.45, 7) is 1.66. The lowest BCUT2D eigenvalue weighted by Crippen LogP contribution is -2.45. The van der Waals surface area contributed by atoms with Gasteiger partial charge in [-0.25, -0.2) is 9.18 Å². The number of carbonyl (C=O) groups excluding carboxylic acids is 2. The van der Waals surface area contributed by atoms with Gasteiger partial charge >= 0.3 is 6.03 Å². The fraction of sp³-hybridized carbons (Fsp3) is 0.111. The highest BCUT2D eigenvalue weighted by molar-refractivity contribution is 9.10. The SMILES string of the molecule is CC1=C(C(=O)Nc2ccc(Br)cc2)C(c2ccc(F)cc2)NC(=O)N1.